The van der Waals surface area contributed by atoms with E-state index in [4.69, 9.17) is 0 Å². The Balaban J connectivity index is 1.68. The molecule has 0 radical (unpaired) electrons. The lowest BCUT2D eigenvalue weighted by Gasteiger charge is -2.17. The lowest BCUT2D eigenvalue weighted by molar-refractivity contribution is -0.120. The van der Waals surface area contributed by atoms with Crippen LogP contribution in [0, 0.1) is 0 Å². The molecule has 1 heterocycles. The number of hydrogen-bond acceptors (Lipinski definition) is 4. The van der Waals surface area contributed by atoms with Crippen LogP contribution in [0.25, 0.3) is 10.9 Å². The number of carbonyl (C=O) groups excluding carboxylic acids is 1. The molecule has 0 aliphatic heterocycles. The summed E-state index contributed by atoms with van der Waals surface area (Å²) in [6.07, 6.45) is 8.94. The van der Waals surface area contributed by atoms with E-state index in [-0.39, 0.29) is 16.7 Å². The van der Waals surface area contributed by atoms with E-state index >= 15 is 0 Å². The number of para-hydroxylation sites is 1. The van der Waals surface area contributed by atoms with Crippen LogP contribution in [0.1, 0.15) is 52.4 Å². The van der Waals surface area contributed by atoms with Gasteiger partial charge >= 0.3 is 0 Å². The summed E-state index contributed by atoms with van der Waals surface area (Å²) in [7, 11) is 0. The van der Waals surface area contributed by atoms with Crippen molar-refractivity contribution < 1.29 is 4.79 Å². The molecular weight excluding hydrogens is 370 g/mol. The standard InChI is InChI=1S/C22H29N3O2S/c1-3-15-25-21(27)18-11-7-8-12-19(18)24-22(25)28-16(2)20(26)23-14-13-17-9-5-4-6-10-17/h7-9,11-12,16H,3-6,10,13-15H2,1-2H3,(H,23,26). The van der Waals surface area contributed by atoms with Gasteiger partial charge in [-0.25, -0.2) is 4.98 Å². The molecule has 1 unspecified atom stereocenters. The van der Waals surface area contributed by atoms with Crippen molar-refractivity contribution >= 4 is 28.6 Å². The van der Waals surface area contributed by atoms with E-state index in [9.17, 15) is 9.59 Å². The first kappa shape index (κ1) is 20.6. The Hall–Kier alpha value is -2.08. The molecule has 150 valence electrons. The first-order valence-corrected chi connectivity index (χ1v) is 11.1. The van der Waals surface area contributed by atoms with E-state index in [1.807, 2.05) is 32.0 Å². The van der Waals surface area contributed by atoms with Crippen molar-refractivity contribution in [3.63, 3.8) is 0 Å². The van der Waals surface area contributed by atoms with Crippen LogP contribution < -0.4 is 10.9 Å². The second-order valence-corrected chi connectivity index (χ2v) is 8.59. The minimum Gasteiger partial charge on any atom is -0.355 e. The maximum Gasteiger partial charge on any atom is 0.262 e. The number of thioether (sulfide) groups is 1. The van der Waals surface area contributed by atoms with Crippen molar-refractivity contribution in [3.05, 3.63) is 46.3 Å². The molecule has 0 spiro atoms. The van der Waals surface area contributed by atoms with Gasteiger partial charge in [0, 0.05) is 13.1 Å². The van der Waals surface area contributed by atoms with Gasteiger partial charge in [0.1, 0.15) is 0 Å². The molecule has 1 N–H and O–H groups in total. The third-order valence-electron chi connectivity index (χ3n) is 5.06. The molecule has 6 heteroatoms. The molecule has 2 aromatic rings. The molecule has 0 fully saturated rings. The maximum absolute atomic E-state index is 12.8. The van der Waals surface area contributed by atoms with Crippen molar-refractivity contribution in [2.45, 2.75) is 69.3 Å². The van der Waals surface area contributed by atoms with Crippen LogP contribution in [-0.2, 0) is 11.3 Å². The Morgan fingerprint density at radius 3 is 2.89 bits per heavy atom. The number of hydrogen-bond donors (Lipinski definition) is 1. The lowest BCUT2D eigenvalue weighted by atomic mass is 9.97. The predicted octanol–water partition coefficient (Wildman–Crippen LogP) is 4.29. The van der Waals surface area contributed by atoms with Gasteiger partial charge < -0.3 is 5.32 Å². The van der Waals surface area contributed by atoms with E-state index in [0.29, 0.717) is 29.1 Å². The SMILES string of the molecule is CCCn1c(SC(C)C(=O)NCCC2=CCCCC2)nc2ccccc2c1=O. The molecule has 1 amide bonds. The molecular formula is C22H29N3O2S. The van der Waals surface area contributed by atoms with Crippen LogP contribution in [0.2, 0.25) is 0 Å². The van der Waals surface area contributed by atoms with Crippen molar-refractivity contribution in [2.75, 3.05) is 6.54 Å². The van der Waals surface area contributed by atoms with Crippen LogP contribution in [0.15, 0.2) is 45.9 Å². The maximum atomic E-state index is 12.8. The summed E-state index contributed by atoms with van der Waals surface area (Å²) in [6, 6.07) is 7.39. The number of benzene rings is 1. The molecule has 0 saturated carbocycles. The summed E-state index contributed by atoms with van der Waals surface area (Å²) in [5.74, 6) is -0.00753. The van der Waals surface area contributed by atoms with Gasteiger partial charge in [-0.2, -0.15) is 0 Å². The molecule has 1 aromatic carbocycles. The van der Waals surface area contributed by atoms with Crippen molar-refractivity contribution in [1.29, 1.82) is 0 Å². The molecule has 0 saturated heterocycles. The number of nitrogens with one attached hydrogen (secondary N) is 1. The van der Waals surface area contributed by atoms with Crippen molar-refractivity contribution in [3.8, 4) is 0 Å². The second kappa shape index (κ2) is 9.92. The fourth-order valence-corrected chi connectivity index (χ4v) is 4.45. The Bertz CT molecular complexity index is 920. The molecule has 1 atom stereocenters. The third-order valence-corrected chi connectivity index (χ3v) is 6.15. The Kier molecular flexibility index (Phi) is 7.31. The fourth-order valence-electron chi connectivity index (χ4n) is 3.49. The number of rotatable bonds is 8. The summed E-state index contributed by atoms with van der Waals surface area (Å²) >= 11 is 1.36. The van der Waals surface area contributed by atoms with Gasteiger partial charge in [0.2, 0.25) is 5.91 Å². The first-order valence-electron chi connectivity index (χ1n) is 10.2. The van der Waals surface area contributed by atoms with Crippen molar-refractivity contribution in [2.24, 2.45) is 0 Å². The van der Waals surface area contributed by atoms with Gasteiger partial charge in [-0.05, 0) is 57.6 Å². The molecule has 1 aliphatic rings. The zero-order chi connectivity index (χ0) is 19.9. The van der Waals surface area contributed by atoms with E-state index in [1.54, 1.807) is 10.6 Å². The summed E-state index contributed by atoms with van der Waals surface area (Å²) in [5.41, 5.74) is 2.10. The highest BCUT2D eigenvalue weighted by molar-refractivity contribution is 8.00. The quantitative estimate of drug-likeness (QED) is 0.408. The van der Waals surface area contributed by atoms with Gasteiger partial charge in [-0.15, -0.1) is 0 Å². The molecule has 5 nitrogen and oxygen atoms in total. The zero-order valence-electron chi connectivity index (χ0n) is 16.7. The van der Waals surface area contributed by atoms with Crippen LogP contribution in [0.4, 0.5) is 0 Å². The number of fused-ring (bicyclic) bond motifs is 1. The average Bonchev–Trinajstić information content (AvgIpc) is 2.71. The molecule has 1 aromatic heterocycles. The summed E-state index contributed by atoms with van der Waals surface area (Å²) in [5, 5.41) is 3.97. The lowest BCUT2D eigenvalue weighted by Crippen LogP contribution is -2.33. The van der Waals surface area contributed by atoms with Gasteiger partial charge in [-0.1, -0.05) is 42.5 Å². The van der Waals surface area contributed by atoms with Gasteiger partial charge in [0.05, 0.1) is 16.2 Å². The van der Waals surface area contributed by atoms with Crippen LogP contribution in [0.3, 0.4) is 0 Å². The van der Waals surface area contributed by atoms with Crippen LogP contribution in [-0.4, -0.2) is 27.3 Å². The normalized spacial score (nSPS) is 15.3. The van der Waals surface area contributed by atoms with E-state index in [1.165, 1.54) is 30.2 Å². The number of nitrogens with zero attached hydrogens (tertiary/aromatic N) is 2. The Morgan fingerprint density at radius 2 is 2.14 bits per heavy atom. The first-order chi connectivity index (χ1) is 13.6. The number of allylic oxidation sites excluding steroid dienone is 1. The van der Waals surface area contributed by atoms with E-state index in [2.05, 4.69) is 16.4 Å². The Morgan fingerprint density at radius 1 is 1.32 bits per heavy atom. The fraction of sp³-hybridized carbons (Fsp3) is 0.500. The highest BCUT2D eigenvalue weighted by Crippen LogP contribution is 2.23. The smallest absolute Gasteiger partial charge is 0.262 e. The predicted molar refractivity (Wildman–Crippen MR) is 116 cm³/mol. The van der Waals surface area contributed by atoms with Gasteiger partial charge in [-0.3, -0.25) is 14.2 Å². The summed E-state index contributed by atoms with van der Waals surface area (Å²) in [4.78, 5) is 30.0. The number of amides is 1. The largest absolute Gasteiger partial charge is 0.355 e. The summed E-state index contributed by atoms with van der Waals surface area (Å²) < 4.78 is 1.70. The van der Waals surface area contributed by atoms with E-state index < -0.39 is 0 Å². The highest BCUT2D eigenvalue weighted by Gasteiger charge is 2.19. The topological polar surface area (TPSA) is 64.0 Å². The number of aromatic nitrogens is 2. The number of carbonyl (C=O) groups is 1. The third kappa shape index (κ3) is 5.04. The molecule has 1 aliphatic carbocycles. The highest BCUT2D eigenvalue weighted by atomic mass is 32.2. The van der Waals surface area contributed by atoms with Crippen molar-refractivity contribution in [1.82, 2.24) is 14.9 Å². The molecule has 28 heavy (non-hydrogen) atoms. The molecule has 0 bridgehead atoms. The minimum absolute atomic E-state index is 0.00753. The molecule has 3 rings (SSSR count). The van der Waals surface area contributed by atoms with Crippen LogP contribution >= 0.6 is 11.8 Å². The summed E-state index contributed by atoms with van der Waals surface area (Å²) in [6.45, 7) is 5.17. The van der Waals surface area contributed by atoms with Gasteiger partial charge in [0.25, 0.3) is 5.56 Å². The Labute approximate surface area is 170 Å². The van der Waals surface area contributed by atoms with Crippen LogP contribution in [0.5, 0.6) is 0 Å². The monoisotopic (exact) mass is 399 g/mol. The van der Waals surface area contributed by atoms with Gasteiger partial charge in [0.15, 0.2) is 5.16 Å². The minimum atomic E-state index is -0.309. The average molecular weight is 400 g/mol. The second-order valence-electron chi connectivity index (χ2n) is 7.28. The van der Waals surface area contributed by atoms with E-state index in [0.717, 1.165) is 25.7 Å². The zero-order valence-corrected chi connectivity index (χ0v) is 17.6.